The molecule has 1 N–H and O–H groups in total. The zero-order valence-corrected chi connectivity index (χ0v) is 15.9. The minimum absolute atomic E-state index is 0.0602. The minimum Gasteiger partial charge on any atom is -0.495 e. The van der Waals surface area contributed by atoms with Crippen molar-refractivity contribution in [2.45, 2.75) is 13.0 Å². The first kappa shape index (κ1) is 18.8. The number of benzene rings is 2. The van der Waals surface area contributed by atoms with Crippen molar-refractivity contribution >= 4 is 23.2 Å². The average Bonchev–Trinajstić information content (AvgIpc) is 3.08. The summed E-state index contributed by atoms with van der Waals surface area (Å²) in [6.07, 6.45) is 0.212. The molecule has 0 saturated carbocycles. The monoisotopic (exact) mass is 367 g/mol. The van der Waals surface area contributed by atoms with Crippen molar-refractivity contribution in [1.29, 1.82) is 0 Å². The highest BCUT2D eigenvalue weighted by molar-refractivity contribution is 6.01. The molecule has 1 aliphatic heterocycles. The van der Waals surface area contributed by atoms with Crippen molar-refractivity contribution in [3.8, 4) is 5.75 Å². The van der Waals surface area contributed by atoms with Gasteiger partial charge in [0, 0.05) is 39.3 Å². The molecule has 2 aromatic rings. The SMILES string of the molecule is COc1ccccc1N1CC(C(=O)NCc2ccc(N(C)C)cc2)CC1=O. The third-order valence-electron chi connectivity index (χ3n) is 4.79. The van der Waals surface area contributed by atoms with Crippen LogP contribution in [0.4, 0.5) is 11.4 Å². The molecular weight excluding hydrogens is 342 g/mol. The van der Waals surface area contributed by atoms with E-state index in [-0.39, 0.29) is 24.2 Å². The lowest BCUT2D eigenvalue weighted by Crippen LogP contribution is -2.32. The normalized spacial score (nSPS) is 16.3. The first-order valence-corrected chi connectivity index (χ1v) is 8.97. The highest BCUT2D eigenvalue weighted by atomic mass is 16.5. The number of amides is 2. The van der Waals surface area contributed by atoms with Crippen LogP contribution in [0.1, 0.15) is 12.0 Å². The fraction of sp³-hybridized carbons (Fsp3) is 0.333. The first-order valence-electron chi connectivity index (χ1n) is 8.97. The maximum atomic E-state index is 12.5. The molecule has 0 radical (unpaired) electrons. The van der Waals surface area contributed by atoms with Crippen LogP contribution in [0.5, 0.6) is 5.75 Å². The second kappa shape index (κ2) is 8.12. The largest absolute Gasteiger partial charge is 0.495 e. The van der Waals surface area contributed by atoms with Gasteiger partial charge in [0.1, 0.15) is 5.75 Å². The van der Waals surface area contributed by atoms with Gasteiger partial charge in [0.05, 0.1) is 18.7 Å². The smallest absolute Gasteiger partial charge is 0.227 e. The van der Waals surface area contributed by atoms with Gasteiger partial charge in [-0.15, -0.1) is 0 Å². The van der Waals surface area contributed by atoms with Crippen molar-refractivity contribution in [1.82, 2.24) is 5.32 Å². The predicted molar refractivity (Wildman–Crippen MR) is 106 cm³/mol. The lowest BCUT2D eigenvalue weighted by atomic mass is 10.1. The lowest BCUT2D eigenvalue weighted by molar-refractivity contribution is -0.126. The maximum Gasteiger partial charge on any atom is 0.227 e. The van der Waals surface area contributed by atoms with Gasteiger partial charge in [0.2, 0.25) is 11.8 Å². The van der Waals surface area contributed by atoms with Gasteiger partial charge in [-0.1, -0.05) is 24.3 Å². The average molecular weight is 367 g/mol. The van der Waals surface area contributed by atoms with E-state index >= 15 is 0 Å². The third kappa shape index (κ3) is 4.22. The van der Waals surface area contributed by atoms with E-state index in [0.29, 0.717) is 24.5 Å². The molecule has 3 rings (SSSR count). The lowest BCUT2D eigenvalue weighted by Gasteiger charge is -2.19. The fourth-order valence-corrected chi connectivity index (χ4v) is 3.21. The molecule has 6 heteroatoms. The van der Waals surface area contributed by atoms with Crippen LogP contribution in [0.25, 0.3) is 0 Å². The van der Waals surface area contributed by atoms with E-state index in [1.807, 2.05) is 67.5 Å². The van der Waals surface area contributed by atoms with E-state index in [1.165, 1.54) is 0 Å². The Balaban J connectivity index is 1.60. The summed E-state index contributed by atoms with van der Waals surface area (Å²) < 4.78 is 5.34. The van der Waals surface area contributed by atoms with Crippen LogP contribution < -0.4 is 19.9 Å². The number of methoxy groups -OCH3 is 1. The zero-order chi connectivity index (χ0) is 19.4. The molecular formula is C21H25N3O3. The molecule has 27 heavy (non-hydrogen) atoms. The molecule has 0 aliphatic carbocycles. The number of ether oxygens (including phenoxy) is 1. The molecule has 0 aromatic heterocycles. The number of nitrogens with zero attached hydrogens (tertiary/aromatic N) is 2. The molecule has 6 nitrogen and oxygen atoms in total. The summed E-state index contributed by atoms with van der Waals surface area (Å²) in [4.78, 5) is 28.6. The fourth-order valence-electron chi connectivity index (χ4n) is 3.21. The second-order valence-electron chi connectivity index (χ2n) is 6.86. The van der Waals surface area contributed by atoms with Gasteiger partial charge < -0.3 is 19.9 Å². The van der Waals surface area contributed by atoms with E-state index < -0.39 is 0 Å². The molecule has 2 amide bonds. The van der Waals surface area contributed by atoms with E-state index in [9.17, 15) is 9.59 Å². The molecule has 1 unspecified atom stereocenters. The van der Waals surface area contributed by atoms with Crippen molar-refractivity contribution in [3.05, 3.63) is 54.1 Å². The molecule has 142 valence electrons. The molecule has 1 fully saturated rings. The number of rotatable bonds is 6. The second-order valence-corrected chi connectivity index (χ2v) is 6.86. The van der Waals surface area contributed by atoms with Crippen LogP contribution in [-0.2, 0) is 16.1 Å². The van der Waals surface area contributed by atoms with Gasteiger partial charge in [-0.3, -0.25) is 9.59 Å². The summed E-state index contributed by atoms with van der Waals surface area (Å²) in [6.45, 7) is 0.816. The summed E-state index contributed by atoms with van der Waals surface area (Å²) in [7, 11) is 5.55. The van der Waals surface area contributed by atoms with E-state index in [1.54, 1.807) is 12.0 Å². The Morgan fingerprint density at radius 3 is 2.56 bits per heavy atom. The van der Waals surface area contributed by atoms with Crippen molar-refractivity contribution in [2.24, 2.45) is 5.92 Å². The molecule has 0 spiro atoms. The van der Waals surface area contributed by atoms with Gasteiger partial charge in [-0.05, 0) is 29.8 Å². The molecule has 0 bridgehead atoms. The van der Waals surface area contributed by atoms with Crippen LogP contribution in [0.15, 0.2) is 48.5 Å². The number of carbonyl (C=O) groups excluding carboxylic acids is 2. The molecule has 2 aromatic carbocycles. The van der Waals surface area contributed by atoms with Crippen molar-refractivity contribution in [2.75, 3.05) is 37.5 Å². The quantitative estimate of drug-likeness (QED) is 0.852. The number of hydrogen-bond acceptors (Lipinski definition) is 4. The number of anilines is 2. The van der Waals surface area contributed by atoms with Gasteiger partial charge in [0.15, 0.2) is 0 Å². The van der Waals surface area contributed by atoms with Crippen LogP contribution in [0, 0.1) is 5.92 Å². The number of hydrogen-bond donors (Lipinski definition) is 1. The number of nitrogens with one attached hydrogen (secondary N) is 1. The Morgan fingerprint density at radius 2 is 1.89 bits per heavy atom. The number of para-hydroxylation sites is 2. The first-order chi connectivity index (χ1) is 13.0. The Morgan fingerprint density at radius 1 is 1.19 bits per heavy atom. The Hall–Kier alpha value is -3.02. The third-order valence-corrected chi connectivity index (χ3v) is 4.79. The highest BCUT2D eigenvalue weighted by Crippen LogP contribution is 2.32. The predicted octanol–water partition coefficient (Wildman–Crippen LogP) is 2.43. The van der Waals surface area contributed by atoms with Gasteiger partial charge >= 0.3 is 0 Å². The number of carbonyl (C=O) groups is 2. The molecule has 1 atom stereocenters. The molecule has 1 heterocycles. The molecule has 1 aliphatic rings. The van der Waals surface area contributed by atoms with E-state index in [0.717, 1.165) is 11.3 Å². The van der Waals surface area contributed by atoms with Gasteiger partial charge in [0.25, 0.3) is 0 Å². The Kier molecular flexibility index (Phi) is 5.64. The summed E-state index contributed by atoms with van der Waals surface area (Å²) in [5.74, 6) is 0.115. The summed E-state index contributed by atoms with van der Waals surface area (Å²) in [5.41, 5.74) is 2.85. The summed E-state index contributed by atoms with van der Waals surface area (Å²) >= 11 is 0. The van der Waals surface area contributed by atoms with Gasteiger partial charge in [-0.2, -0.15) is 0 Å². The van der Waals surface area contributed by atoms with Crippen LogP contribution in [0.3, 0.4) is 0 Å². The van der Waals surface area contributed by atoms with Gasteiger partial charge in [-0.25, -0.2) is 0 Å². The summed E-state index contributed by atoms with van der Waals surface area (Å²) in [6, 6.07) is 15.4. The summed E-state index contributed by atoms with van der Waals surface area (Å²) in [5, 5.41) is 2.95. The standard InChI is InChI=1S/C21H25N3O3/c1-23(2)17-10-8-15(9-11-17)13-22-21(26)16-12-20(25)24(14-16)18-6-4-5-7-19(18)27-3/h4-11,16H,12-14H2,1-3H3,(H,22,26). The van der Waals surface area contributed by atoms with Crippen LogP contribution in [0.2, 0.25) is 0 Å². The van der Waals surface area contributed by atoms with E-state index in [4.69, 9.17) is 4.74 Å². The topological polar surface area (TPSA) is 61.9 Å². The Labute approximate surface area is 159 Å². The van der Waals surface area contributed by atoms with E-state index in [2.05, 4.69) is 5.32 Å². The molecule has 1 saturated heterocycles. The van der Waals surface area contributed by atoms with Crippen molar-refractivity contribution < 1.29 is 14.3 Å². The minimum atomic E-state index is -0.358. The highest BCUT2D eigenvalue weighted by Gasteiger charge is 2.36. The Bertz CT molecular complexity index is 818. The zero-order valence-electron chi connectivity index (χ0n) is 15.9. The van der Waals surface area contributed by atoms with Crippen LogP contribution in [-0.4, -0.2) is 39.6 Å². The van der Waals surface area contributed by atoms with Crippen LogP contribution >= 0.6 is 0 Å². The maximum absolute atomic E-state index is 12.5. The van der Waals surface area contributed by atoms with Crippen molar-refractivity contribution in [3.63, 3.8) is 0 Å².